The lowest BCUT2D eigenvalue weighted by Crippen LogP contribution is -2.09. The second-order valence-electron chi connectivity index (χ2n) is 3.59. The van der Waals surface area contributed by atoms with Gasteiger partial charge in [-0.3, -0.25) is 14.9 Å². The standard InChI is InChI=1S/C11H13NO3/c1-8(7-12(14)15)10-3-5-11(6-4-10)9(2)13/h3-6,8H,7H2,1-2H3. The van der Waals surface area contributed by atoms with Crippen molar-refractivity contribution in [2.75, 3.05) is 6.54 Å². The van der Waals surface area contributed by atoms with Crippen LogP contribution in [0.3, 0.4) is 0 Å². The van der Waals surface area contributed by atoms with E-state index in [1.165, 1.54) is 6.92 Å². The lowest BCUT2D eigenvalue weighted by Gasteiger charge is -2.07. The molecule has 0 aliphatic heterocycles. The van der Waals surface area contributed by atoms with Gasteiger partial charge in [-0.2, -0.15) is 0 Å². The molecule has 0 spiro atoms. The summed E-state index contributed by atoms with van der Waals surface area (Å²) in [4.78, 5) is 21.0. The molecule has 0 saturated carbocycles. The van der Waals surface area contributed by atoms with Gasteiger partial charge in [-0.15, -0.1) is 0 Å². The monoisotopic (exact) mass is 207 g/mol. The average molecular weight is 207 g/mol. The largest absolute Gasteiger partial charge is 0.295 e. The van der Waals surface area contributed by atoms with Crippen LogP contribution in [-0.4, -0.2) is 17.3 Å². The molecule has 1 aromatic carbocycles. The van der Waals surface area contributed by atoms with E-state index in [1.807, 2.05) is 0 Å². The predicted octanol–water partition coefficient (Wildman–Crippen LogP) is 2.27. The van der Waals surface area contributed by atoms with E-state index in [0.29, 0.717) is 5.56 Å². The molecule has 1 atom stereocenters. The number of carbonyl (C=O) groups excluding carboxylic acids is 1. The molecular formula is C11H13NO3. The smallest absolute Gasteiger partial charge is 0.210 e. The Morgan fingerprint density at radius 3 is 2.33 bits per heavy atom. The van der Waals surface area contributed by atoms with E-state index in [9.17, 15) is 14.9 Å². The summed E-state index contributed by atoms with van der Waals surface area (Å²) in [5, 5.41) is 10.3. The average Bonchev–Trinajstić information content (AvgIpc) is 2.17. The molecule has 0 aliphatic rings. The number of ketones is 1. The molecule has 0 aliphatic carbocycles. The first kappa shape index (κ1) is 11.4. The van der Waals surface area contributed by atoms with Crippen LogP contribution >= 0.6 is 0 Å². The van der Waals surface area contributed by atoms with Gasteiger partial charge in [-0.1, -0.05) is 31.2 Å². The molecule has 4 heteroatoms. The van der Waals surface area contributed by atoms with Crippen molar-refractivity contribution in [1.82, 2.24) is 0 Å². The second-order valence-corrected chi connectivity index (χ2v) is 3.59. The molecule has 0 saturated heterocycles. The molecule has 0 aromatic heterocycles. The van der Waals surface area contributed by atoms with Crippen LogP contribution in [0.5, 0.6) is 0 Å². The third-order valence-electron chi connectivity index (χ3n) is 2.31. The SMILES string of the molecule is CC(=O)c1ccc(C(C)C[N+](=O)[O-])cc1. The number of hydrogen-bond acceptors (Lipinski definition) is 3. The second kappa shape index (κ2) is 4.68. The summed E-state index contributed by atoms with van der Waals surface area (Å²) >= 11 is 0. The number of rotatable bonds is 4. The Morgan fingerprint density at radius 2 is 1.93 bits per heavy atom. The minimum Gasteiger partial charge on any atom is -0.295 e. The van der Waals surface area contributed by atoms with Gasteiger partial charge >= 0.3 is 0 Å². The lowest BCUT2D eigenvalue weighted by molar-refractivity contribution is -0.482. The van der Waals surface area contributed by atoms with Crippen molar-refractivity contribution in [2.24, 2.45) is 0 Å². The van der Waals surface area contributed by atoms with E-state index < -0.39 is 0 Å². The highest BCUT2D eigenvalue weighted by Crippen LogP contribution is 2.16. The van der Waals surface area contributed by atoms with Crippen molar-refractivity contribution in [3.8, 4) is 0 Å². The van der Waals surface area contributed by atoms with Crippen molar-refractivity contribution >= 4 is 5.78 Å². The Labute approximate surface area is 88.1 Å². The summed E-state index contributed by atoms with van der Waals surface area (Å²) in [6, 6.07) is 6.94. The topological polar surface area (TPSA) is 60.2 Å². The van der Waals surface area contributed by atoms with Gasteiger partial charge in [0.1, 0.15) is 0 Å². The molecule has 4 nitrogen and oxygen atoms in total. The predicted molar refractivity (Wildman–Crippen MR) is 56.7 cm³/mol. The van der Waals surface area contributed by atoms with Gasteiger partial charge in [0.2, 0.25) is 6.54 Å². The summed E-state index contributed by atoms with van der Waals surface area (Å²) < 4.78 is 0. The fourth-order valence-electron chi connectivity index (χ4n) is 1.38. The lowest BCUT2D eigenvalue weighted by atomic mass is 9.99. The number of carbonyl (C=O) groups is 1. The van der Waals surface area contributed by atoms with E-state index in [0.717, 1.165) is 5.56 Å². The first-order chi connectivity index (χ1) is 7.00. The Bertz CT molecular complexity index is 370. The summed E-state index contributed by atoms with van der Waals surface area (Å²) in [6.45, 7) is 3.21. The van der Waals surface area contributed by atoms with E-state index in [4.69, 9.17) is 0 Å². The first-order valence-electron chi connectivity index (χ1n) is 4.73. The number of nitrogens with zero attached hydrogens (tertiary/aromatic N) is 1. The van der Waals surface area contributed by atoms with Gasteiger partial charge in [0.15, 0.2) is 5.78 Å². The number of benzene rings is 1. The van der Waals surface area contributed by atoms with Gasteiger partial charge < -0.3 is 0 Å². The normalized spacial score (nSPS) is 12.1. The summed E-state index contributed by atoms with van der Waals surface area (Å²) in [6.07, 6.45) is 0. The molecule has 0 N–H and O–H groups in total. The quantitative estimate of drug-likeness (QED) is 0.432. The van der Waals surface area contributed by atoms with Gasteiger partial charge in [-0.05, 0) is 12.5 Å². The van der Waals surface area contributed by atoms with E-state index >= 15 is 0 Å². The van der Waals surface area contributed by atoms with Crippen molar-refractivity contribution in [3.63, 3.8) is 0 Å². The van der Waals surface area contributed by atoms with Crippen LogP contribution in [0, 0.1) is 10.1 Å². The molecular weight excluding hydrogens is 194 g/mol. The van der Waals surface area contributed by atoms with E-state index in [1.54, 1.807) is 31.2 Å². The van der Waals surface area contributed by atoms with Crippen LogP contribution in [0.2, 0.25) is 0 Å². The van der Waals surface area contributed by atoms with Crippen LogP contribution in [0.15, 0.2) is 24.3 Å². The van der Waals surface area contributed by atoms with Crippen molar-refractivity contribution in [1.29, 1.82) is 0 Å². The van der Waals surface area contributed by atoms with Gasteiger partial charge in [0.25, 0.3) is 0 Å². The van der Waals surface area contributed by atoms with E-state index in [2.05, 4.69) is 0 Å². The molecule has 0 amide bonds. The molecule has 1 rings (SSSR count). The summed E-state index contributed by atoms with van der Waals surface area (Å²) in [5.41, 5.74) is 1.52. The van der Waals surface area contributed by atoms with E-state index in [-0.39, 0.29) is 23.2 Å². The maximum Gasteiger partial charge on any atom is 0.210 e. The third-order valence-corrected chi connectivity index (χ3v) is 2.31. The highest BCUT2D eigenvalue weighted by atomic mass is 16.6. The number of hydrogen-bond donors (Lipinski definition) is 0. The van der Waals surface area contributed by atoms with Crippen molar-refractivity contribution < 1.29 is 9.72 Å². The molecule has 80 valence electrons. The van der Waals surface area contributed by atoms with Crippen molar-refractivity contribution in [3.05, 3.63) is 45.5 Å². The van der Waals surface area contributed by atoms with Gasteiger partial charge in [0.05, 0.1) is 0 Å². The zero-order chi connectivity index (χ0) is 11.4. The Kier molecular flexibility index (Phi) is 3.55. The number of nitro groups is 1. The highest BCUT2D eigenvalue weighted by Gasteiger charge is 2.11. The van der Waals surface area contributed by atoms with Crippen LogP contribution in [0.1, 0.15) is 35.7 Å². The first-order valence-corrected chi connectivity index (χ1v) is 4.73. The summed E-state index contributed by atoms with van der Waals surface area (Å²) in [5.74, 6) is -0.121. The molecule has 0 heterocycles. The zero-order valence-electron chi connectivity index (χ0n) is 8.77. The van der Waals surface area contributed by atoms with Crippen LogP contribution in [0.25, 0.3) is 0 Å². The molecule has 1 aromatic rings. The Balaban J connectivity index is 2.79. The third kappa shape index (κ3) is 3.16. The number of Topliss-reactive ketones (excluding diaryl/α,β-unsaturated/α-hetero) is 1. The van der Waals surface area contributed by atoms with Crippen LogP contribution < -0.4 is 0 Å². The molecule has 0 radical (unpaired) electrons. The zero-order valence-corrected chi connectivity index (χ0v) is 8.77. The Morgan fingerprint density at radius 1 is 1.40 bits per heavy atom. The minimum atomic E-state index is -0.330. The molecule has 1 unspecified atom stereocenters. The van der Waals surface area contributed by atoms with Gasteiger partial charge in [-0.25, -0.2) is 0 Å². The maximum atomic E-state index is 11.0. The Hall–Kier alpha value is -1.71. The fourth-order valence-corrected chi connectivity index (χ4v) is 1.38. The summed E-state index contributed by atoms with van der Waals surface area (Å²) in [7, 11) is 0. The molecule has 0 bridgehead atoms. The molecule has 0 fully saturated rings. The fraction of sp³-hybridized carbons (Fsp3) is 0.364. The van der Waals surface area contributed by atoms with Gasteiger partial charge in [0, 0.05) is 16.4 Å². The van der Waals surface area contributed by atoms with Crippen LogP contribution in [-0.2, 0) is 0 Å². The highest BCUT2D eigenvalue weighted by molar-refractivity contribution is 5.94. The maximum absolute atomic E-state index is 11.0. The molecule has 15 heavy (non-hydrogen) atoms. The minimum absolute atomic E-state index is 0.00322. The van der Waals surface area contributed by atoms with Crippen LogP contribution in [0.4, 0.5) is 0 Å². The van der Waals surface area contributed by atoms with Crippen molar-refractivity contribution in [2.45, 2.75) is 19.8 Å².